The Hall–Kier alpha value is -1.59. The van der Waals surface area contributed by atoms with Gasteiger partial charge in [0.05, 0.1) is 24.9 Å². The second kappa shape index (κ2) is 28.0. The molecule has 1 saturated carbocycles. The third kappa shape index (κ3) is 23.8. The lowest BCUT2D eigenvalue weighted by atomic mass is 9.89. The molecule has 0 aliphatic heterocycles. The standard InChI is InChI=1S/C38H69O11P/c1-4-6-15-21-31(39)25-26-34-33(35(40)27-36(34)41)22-17-13-14-18-23-37(42)47-28-32(29-48-50(44,45)46)49-38(43)24-19-12-10-8-7-9-11-16-20-30(3)5-2/h13,17,25-26,30-36,39-41H,4-12,14-16,18-24,27-29H2,1-3H3,(H2,44,45,46)/b17-13+,26-25+/t30?,31-,32+,33+,34+,35-,36+/m0/s1. The van der Waals surface area contributed by atoms with E-state index in [-0.39, 0.29) is 31.3 Å². The smallest absolute Gasteiger partial charge is 0.462 e. The minimum absolute atomic E-state index is 0.0915. The number of ether oxygens (including phenoxy) is 2. The Labute approximate surface area is 301 Å². The van der Waals surface area contributed by atoms with Crippen LogP contribution in [0, 0.1) is 17.8 Å². The van der Waals surface area contributed by atoms with Crippen molar-refractivity contribution in [3.8, 4) is 0 Å². The SMILES string of the molecule is CCCCC[C@H](O)/C=C/[C@@H]1[C@@H](C/C=C/CCCC(=O)OC[C@H](COP(=O)(O)O)OC(=O)CCCCCCCCCCC(C)CC)[C@@H](O)C[C@H]1O. The van der Waals surface area contributed by atoms with Gasteiger partial charge in [0.2, 0.25) is 0 Å². The molecule has 0 amide bonds. The quantitative estimate of drug-likeness (QED) is 0.0214. The molecule has 1 aliphatic carbocycles. The Kier molecular flexibility index (Phi) is 26.0. The fourth-order valence-corrected chi connectivity index (χ4v) is 6.58. The molecule has 7 atom stereocenters. The number of aliphatic hydroxyl groups is 3. The van der Waals surface area contributed by atoms with E-state index in [4.69, 9.17) is 19.3 Å². The van der Waals surface area contributed by atoms with E-state index in [2.05, 4.69) is 25.3 Å². The maximum absolute atomic E-state index is 12.4. The molecule has 5 N–H and O–H groups in total. The van der Waals surface area contributed by atoms with E-state index >= 15 is 0 Å². The summed E-state index contributed by atoms with van der Waals surface area (Å²) in [6, 6.07) is 0. The molecule has 12 heteroatoms. The minimum atomic E-state index is -4.81. The Morgan fingerprint density at radius 2 is 1.46 bits per heavy atom. The lowest BCUT2D eigenvalue weighted by Crippen LogP contribution is -2.29. The fraction of sp³-hybridized carbons (Fsp3) is 0.842. The molecule has 1 rings (SSSR count). The average molecular weight is 733 g/mol. The van der Waals surface area contributed by atoms with Gasteiger partial charge in [-0.15, -0.1) is 0 Å². The van der Waals surface area contributed by atoms with Crippen LogP contribution in [-0.2, 0) is 28.2 Å². The Morgan fingerprint density at radius 1 is 0.820 bits per heavy atom. The average Bonchev–Trinajstić information content (AvgIpc) is 3.34. The van der Waals surface area contributed by atoms with E-state index < -0.39 is 50.8 Å². The lowest BCUT2D eigenvalue weighted by Gasteiger charge is -2.19. The first-order valence-electron chi connectivity index (χ1n) is 19.3. The van der Waals surface area contributed by atoms with Crippen molar-refractivity contribution >= 4 is 19.8 Å². The monoisotopic (exact) mass is 732 g/mol. The highest BCUT2D eigenvalue weighted by Crippen LogP contribution is 2.37. The summed E-state index contributed by atoms with van der Waals surface area (Å²) in [6.07, 6.45) is 21.5. The maximum Gasteiger partial charge on any atom is 0.469 e. The third-order valence-corrected chi connectivity index (χ3v) is 10.1. The molecule has 0 saturated heterocycles. The van der Waals surface area contributed by atoms with Crippen molar-refractivity contribution in [1.29, 1.82) is 0 Å². The molecular formula is C38H69O11P. The van der Waals surface area contributed by atoms with E-state index in [0.29, 0.717) is 38.5 Å². The van der Waals surface area contributed by atoms with Crippen LogP contribution in [0.4, 0.5) is 0 Å². The molecule has 1 fully saturated rings. The van der Waals surface area contributed by atoms with Gasteiger partial charge in [0, 0.05) is 25.2 Å². The molecule has 292 valence electrons. The molecule has 1 aliphatic rings. The number of hydrogen-bond acceptors (Lipinski definition) is 9. The molecule has 0 aromatic heterocycles. The molecule has 50 heavy (non-hydrogen) atoms. The highest BCUT2D eigenvalue weighted by atomic mass is 31.2. The van der Waals surface area contributed by atoms with E-state index in [0.717, 1.165) is 44.4 Å². The highest BCUT2D eigenvalue weighted by Gasteiger charge is 2.39. The summed E-state index contributed by atoms with van der Waals surface area (Å²) < 4.78 is 26.3. The van der Waals surface area contributed by atoms with Crippen molar-refractivity contribution in [3.63, 3.8) is 0 Å². The van der Waals surface area contributed by atoms with Crippen LogP contribution in [0.15, 0.2) is 24.3 Å². The number of phosphoric ester groups is 1. The molecule has 1 unspecified atom stereocenters. The van der Waals surface area contributed by atoms with Gasteiger partial charge >= 0.3 is 19.8 Å². The summed E-state index contributed by atoms with van der Waals surface area (Å²) in [7, 11) is -4.81. The zero-order valence-corrected chi connectivity index (χ0v) is 31.9. The van der Waals surface area contributed by atoms with Gasteiger partial charge in [-0.1, -0.05) is 122 Å². The number of carbonyl (C=O) groups excluding carboxylic acids is 2. The van der Waals surface area contributed by atoms with Crippen molar-refractivity contribution < 1.29 is 53.3 Å². The zero-order valence-electron chi connectivity index (χ0n) is 31.0. The molecule has 0 spiro atoms. The van der Waals surface area contributed by atoms with Gasteiger partial charge in [-0.3, -0.25) is 14.1 Å². The first kappa shape index (κ1) is 46.4. The van der Waals surface area contributed by atoms with Gasteiger partial charge < -0.3 is 34.6 Å². The number of unbranched alkanes of at least 4 members (excludes halogenated alkanes) is 10. The molecule has 0 bridgehead atoms. The van der Waals surface area contributed by atoms with Crippen LogP contribution in [0.1, 0.15) is 149 Å². The van der Waals surface area contributed by atoms with E-state index in [1.54, 1.807) is 6.08 Å². The second-order valence-corrected chi connectivity index (χ2v) is 15.4. The molecule has 0 heterocycles. The number of esters is 2. The Bertz CT molecular complexity index is 997. The summed E-state index contributed by atoms with van der Waals surface area (Å²) in [6.45, 7) is 5.66. The Balaban J connectivity index is 2.35. The molecular weight excluding hydrogens is 663 g/mol. The summed E-state index contributed by atoms with van der Waals surface area (Å²) in [5.74, 6) is -0.677. The summed E-state index contributed by atoms with van der Waals surface area (Å²) in [5, 5.41) is 31.1. The minimum Gasteiger partial charge on any atom is -0.462 e. The van der Waals surface area contributed by atoms with Crippen molar-refractivity contribution in [2.45, 2.75) is 174 Å². The topological polar surface area (TPSA) is 180 Å². The van der Waals surface area contributed by atoms with Crippen molar-refractivity contribution in [2.75, 3.05) is 13.2 Å². The third-order valence-electron chi connectivity index (χ3n) is 9.58. The molecule has 0 aromatic rings. The lowest BCUT2D eigenvalue weighted by molar-refractivity contribution is -0.161. The molecule has 0 radical (unpaired) electrons. The van der Waals surface area contributed by atoms with Gasteiger partial charge in [-0.2, -0.15) is 0 Å². The van der Waals surface area contributed by atoms with E-state index in [1.165, 1.54) is 38.5 Å². The van der Waals surface area contributed by atoms with Crippen LogP contribution >= 0.6 is 7.82 Å². The summed E-state index contributed by atoms with van der Waals surface area (Å²) in [4.78, 5) is 42.9. The first-order chi connectivity index (χ1) is 23.9. The van der Waals surface area contributed by atoms with Gasteiger partial charge in [0.15, 0.2) is 6.10 Å². The number of phosphoric acid groups is 1. The first-order valence-corrected chi connectivity index (χ1v) is 20.8. The van der Waals surface area contributed by atoms with Crippen molar-refractivity contribution in [1.82, 2.24) is 0 Å². The van der Waals surface area contributed by atoms with E-state index in [9.17, 15) is 29.5 Å². The summed E-state index contributed by atoms with van der Waals surface area (Å²) in [5.41, 5.74) is 0. The zero-order chi connectivity index (χ0) is 37.2. The summed E-state index contributed by atoms with van der Waals surface area (Å²) >= 11 is 0. The van der Waals surface area contributed by atoms with Gasteiger partial charge in [0.1, 0.15) is 6.61 Å². The normalized spacial score (nSPS) is 21.5. The number of carbonyl (C=O) groups is 2. The maximum atomic E-state index is 12.4. The van der Waals surface area contributed by atoms with Crippen LogP contribution < -0.4 is 0 Å². The van der Waals surface area contributed by atoms with Gasteiger partial charge in [-0.25, -0.2) is 4.57 Å². The van der Waals surface area contributed by atoms with Crippen molar-refractivity contribution in [2.24, 2.45) is 17.8 Å². The van der Waals surface area contributed by atoms with Crippen LogP contribution in [0.25, 0.3) is 0 Å². The fourth-order valence-electron chi connectivity index (χ4n) is 6.22. The van der Waals surface area contributed by atoms with Crippen molar-refractivity contribution in [3.05, 3.63) is 24.3 Å². The Morgan fingerprint density at radius 3 is 2.12 bits per heavy atom. The van der Waals surface area contributed by atoms with E-state index in [1.807, 2.05) is 18.2 Å². The number of allylic oxidation sites excluding steroid dienone is 2. The van der Waals surface area contributed by atoms with Gasteiger partial charge in [0.25, 0.3) is 0 Å². The highest BCUT2D eigenvalue weighted by molar-refractivity contribution is 7.46. The number of hydrogen-bond donors (Lipinski definition) is 5. The second-order valence-electron chi connectivity index (χ2n) is 14.1. The van der Waals surface area contributed by atoms with Gasteiger partial charge in [-0.05, 0) is 43.9 Å². The van der Waals surface area contributed by atoms with Crippen LogP contribution in [0.5, 0.6) is 0 Å². The number of rotatable bonds is 30. The largest absolute Gasteiger partial charge is 0.469 e. The van der Waals surface area contributed by atoms with Crippen LogP contribution in [-0.4, -0.2) is 74.7 Å². The molecule has 0 aromatic carbocycles. The predicted octanol–water partition coefficient (Wildman–Crippen LogP) is 7.47. The van der Waals surface area contributed by atoms with Crippen LogP contribution in [0.2, 0.25) is 0 Å². The molecule has 11 nitrogen and oxygen atoms in total. The number of aliphatic hydroxyl groups excluding tert-OH is 3. The van der Waals surface area contributed by atoms with Crippen LogP contribution in [0.3, 0.4) is 0 Å². The predicted molar refractivity (Wildman–Crippen MR) is 195 cm³/mol.